The molecule has 0 saturated carbocycles. The van der Waals surface area contributed by atoms with Gasteiger partial charge in [-0.25, -0.2) is 4.79 Å². The molecule has 1 aromatic carbocycles. The fourth-order valence-electron chi connectivity index (χ4n) is 2.10. The smallest absolute Gasteiger partial charge is 0.337 e. The second-order valence-corrected chi connectivity index (χ2v) is 6.24. The largest absolute Gasteiger partial charge is 0.465 e. The first kappa shape index (κ1) is 17.3. The van der Waals surface area contributed by atoms with E-state index in [4.69, 9.17) is 0 Å². The molecule has 2 atom stereocenters. The number of carbonyl (C=O) groups excluding carboxylic acids is 3. The molecule has 0 aliphatic carbocycles. The van der Waals surface area contributed by atoms with Crippen molar-refractivity contribution in [3.05, 3.63) is 29.8 Å². The highest BCUT2D eigenvalue weighted by molar-refractivity contribution is 8.00. The second kappa shape index (κ2) is 7.98. The van der Waals surface area contributed by atoms with Gasteiger partial charge in [0.2, 0.25) is 11.8 Å². The Hall–Kier alpha value is -2.06. The van der Waals surface area contributed by atoms with Gasteiger partial charge in [0, 0.05) is 18.2 Å². The molecular formula is C15H19N3O4S. The normalized spacial score (nSPS) is 20.5. The Morgan fingerprint density at radius 2 is 2.04 bits per heavy atom. The van der Waals surface area contributed by atoms with Crippen molar-refractivity contribution >= 4 is 35.2 Å². The van der Waals surface area contributed by atoms with E-state index < -0.39 is 5.97 Å². The van der Waals surface area contributed by atoms with Gasteiger partial charge in [-0.3, -0.25) is 14.9 Å². The summed E-state index contributed by atoms with van der Waals surface area (Å²) in [7, 11) is 1.31. The van der Waals surface area contributed by atoms with E-state index >= 15 is 0 Å². The van der Waals surface area contributed by atoms with E-state index in [0.717, 1.165) is 0 Å². The van der Waals surface area contributed by atoms with Gasteiger partial charge in [-0.15, -0.1) is 11.8 Å². The minimum atomic E-state index is -0.424. The van der Waals surface area contributed by atoms with Crippen molar-refractivity contribution < 1.29 is 19.1 Å². The first-order valence-electron chi connectivity index (χ1n) is 7.13. The summed E-state index contributed by atoms with van der Waals surface area (Å²) in [5.74, 6) is -0.432. The van der Waals surface area contributed by atoms with Gasteiger partial charge in [0.1, 0.15) is 5.50 Å². The first-order valence-corrected chi connectivity index (χ1v) is 8.18. The van der Waals surface area contributed by atoms with Crippen molar-refractivity contribution in [3.63, 3.8) is 0 Å². The van der Waals surface area contributed by atoms with E-state index in [9.17, 15) is 14.4 Å². The maximum absolute atomic E-state index is 11.9. The van der Waals surface area contributed by atoms with E-state index in [2.05, 4.69) is 20.7 Å². The molecule has 0 bridgehead atoms. The van der Waals surface area contributed by atoms with Gasteiger partial charge in [-0.05, 0) is 31.2 Å². The van der Waals surface area contributed by atoms with Crippen molar-refractivity contribution in [2.24, 2.45) is 0 Å². The highest BCUT2D eigenvalue weighted by Gasteiger charge is 2.23. The molecule has 2 unspecified atom stereocenters. The molecule has 7 nitrogen and oxygen atoms in total. The summed E-state index contributed by atoms with van der Waals surface area (Å²) in [6.45, 7) is 1.93. The molecule has 1 saturated heterocycles. The molecule has 0 radical (unpaired) electrons. The fraction of sp³-hybridized carbons (Fsp3) is 0.400. The van der Waals surface area contributed by atoms with Crippen LogP contribution in [0.2, 0.25) is 0 Å². The molecule has 23 heavy (non-hydrogen) atoms. The zero-order valence-corrected chi connectivity index (χ0v) is 13.7. The number of carbonyl (C=O) groups is 3. The Kier molecular flexibility index (Phi) is 6.00. The molecule has 2 rings (SSSR count). The van der Waals surface area contributed by atoms with Gasteiger partial charge in [0.05, 0.1) is 18.4 Å². The topological polar surface area (TPSA) is 96.5 Å². The highest BCUT2D eigenvalue weighted by atomic mass is 32.2. The molecule has 2 amide bonds. The average molecular weight is 337 g/mol. The van der Waals surface area contributed by atoms with Gasteiger partial charge >= 0.3 is 5.97 Å². The van der Waals surface area contributed by atoms with E-state index in [-0.39, 0.29) is 29.1 Å². The van der Waals surface area contributed by atoms with Crippen LogP contribution in [0.3, 0.4) is 0 Å². The van der Waals surface area contributed by atoms with Crippen molar-refractivity contribution in [3.8, 4) is 0 Å². The van der Waals surface area contributed by atoms with Crippen LogP contribution in [0.4, 0.5) is 5.69 Å². The maximum Gasteiger partial charge on any atom is 0.337 e. The highest BCUT2D eigenvalue weighted by Crippen LogP contribution is 2.14. The summed E-state index contributed by atoms with van der Waals surface area (Å²) >= 11 is 1.31. The molecule has 3 N–H and O–H groups in total. The zero-order valence-electron chi connectivity index (χ0n) is 12.9. The van der Waals surface area contributed by atoms with Crippen LogP contribution in [0.5, 0.6) is 0 Å². The van der Waals surface area contributed by atoms with Crippen molar-refractivity contribution in [1.29, 1.82) is 0 Å². The lowest BCUT2D eigenvalue weighted by Crippen LogP contribution is -2.53. The number of nitrogens with one attached hydrogen (secondary N) is 3. The molecule has 1 aromatic rings. The molecular weight excluding hydrogens is 318 g/mol. The molecule has 8 heteroatoms. The van der Waals surface area contributed by atoms with E-state index in [1.807, 2.05) is 6.92 Å². The molecule has 124 valence electrons. The Morgan fingerprint density at radius 3 is 2.65 bits per heavy atom. The Morgan fingerprint density at radius 1 is 1.35 bits per heavy atom. The molecule has 1 fully saturated rings. The first-order chi connectivity index (χ1) is 11.0. The third kappa shape index (κ3) is 5.26. The minimum absolute atomic E-state index is 0.0208. The lowest BCUT2D eigenvalue weighted by molar-refractivity contribution is -0.123. The third-order valence-electron chi connectivity index (χ3n) is 3.19. The predicted molar refractivity (Wildman–Crippen MR) is 88.0 cm³/mol. The van der Waals surface area contributed by atoms with Crippen LogP contribution >= 0.6 is 11.8 Å². The predicted octanol–water partition coefficient (Wildman–Crippen LogP) is 0.926. The number of anilines is 1. The van der Waals surface area contributed by atoms with Gasteiger partial charge in [-0.2, -0.15) is 0 Å². The van der Waals surface area contributed by atoms with Gasteiger partial charge < -0.3 is 15.4 Å². The number of hydrogen-bond acceptors (Lipinski definition) is 6. The lowest BCUT2D eigenvalue weighted by atomic mass is 10.2. The zero-order chi connectivity index (χ0) is 16.8. The summed E-state index contributed by atoms with van der Waals surface area (Å²) in [6, 6.07) is 6.53. The van der Waals surface area contributed by atoms with Crippen LogP contribution in [0.15, 0.2) is 24.3 Å². The summed E-state index contributed by atoms with van der Waals surface area (Å²) in [5.41, 5.74) is 0.749. The number of methoxy groups -OCH3 is 1. The van der Waals surface area contributed by atoms with Crippen molar-refractivity contribution in [2.75, 3.05) is 18.2 Å². The number of esters is 1. The quantitative estimate of drug-likeness (QED) is 0.692. The van der Waals surface area contributed by atoms with Crippen LogP contribution in [-0.4, -0.2) is 42.2 Å². The summed E-state index contributed by atoms with van der Waals surface area (Å²) < 4.78 is 4.61. The maximum atomic E-state index is 11.9. The number of amides is 2. The summed E-state index contributed by atoms with van der Waals surface area (Å²) in [6.07, 6.45) is 0.440. The van der Waals surface area contributed by atoms with Crippen molar-refractivity contribution in [1.82, 2.24) is 10.6 Å². The third-order valence-corrected chi connectivity index (χ3v) is 4.21. The number of hydrogen-bond donors (Lipinski definition) is 3. The molecule has 1 aliphatic rings. The lowest BCUT2D eigenvalue weighted by Gasteiger charge is -2.28. The van der Waals surface area contributed by atoms with E-state index in [0.29, 0.717) is 17.7 Å². The Labute approximate surface area is 138 Å². The van der Waals surface area contributed by atoms with E-state index in [1.54, 1.807) is 24.3 Å². The number of benzene rings is 1. The SMILES string of the molecule is COC(=O)c1ccc(NC(=O)CSC2NC(=O)CC(C)N2)cc1. The number of rotatable bonds is 5. The average Bonchev–Trinajstić information content (AvgIpc) is 2.52. The Balaban J connectivity index is 1.80. The number of thioether (sulfide) groups is 1. The number of ether oxygens (including phenoxy) is 1. The molecule has 0 spiro atoms. The monoisotopic (exact) mass is 337 g/mol. The van der Waals surface area contributed by atoms with Crippen LogP contribution in [-0.2, 0) is 14.3 Å². The summed E-state index contributed by atoms with van der Waals surface area (Å²) in [4.78, 5) is 34.7. The van der Waals surface area contributed by atoms with Gasteiger partial charge in [-0.1, -0.05) is 0 Å². The van der Waals surface area contributed by atoms with Crippen LogP contribution in [0.1, 0.15) is 23.7 Å². The Bertz CT molecular complexity index is 591. The molecule has 1 aliphatic heterocycles. The minimum Gasteiger partial charge on any atom is -0.465 e. The second-order valence-electron chi connectivity index (χ2n) is 5.15. The standard InChI is InChI=1S/C15H19N3O4S/c1-9-7-12(19)18-15(16-9)23-8-13(20)17-11-5-3-10(4-6-11)14(21)22-2/h3-6,9,15-16H,7-8H2,1-2H3,(H,17,20)(H,18,19). The van der Waals surface area contributed by atoms with Crippen LogP contribution in [0, 0.1) is 0 Å². The van der Waals surface area contributed by atoms with Crippen molar-refractivity contribution in [2.45, 2.75) is 24.9 Å². The van der Waals surface area contributed by atoms with E-state index in [1.165, 1.54) is 18.9 Å². The summed E-state index contributed by atoms with van der Waals surface area (Å²) in [5, 5.41) is 8.70. The van der Waals surface area contributed by atoms with Gasteiger partial charge in [0.25, 0.3) is 0 Å². The fourth-order valence-corrected chi connectivity index (χ4v) is 3.03. The molecule has 1 heterocycles. The molecule has 0 aromatic heterocycles. The van der Waals surface area contributed by atoms with Crippen LogP contribution in [0.25, 0.3) is 0 Å². The van der Waals surface area contributed by atoms with Crippen LogP contribution < -0.4 is 16.0 Å². The van der Waals surface area contributed by atoms with Gasteiger partial charge in [0.15, 0.2) is 0 Å².